The van der Waals surface area contributed by atoms with Crippen molar-refractivity contribution in [3.05, 3.63) is 53.9 Å². The minimum Gasteiger partial charge on any atom is -0.478 e. The van der Waals surface area contributed by atoms with Gasteiger partial charge in [-0.1, -0.05) is 17.3 Å². The summed E-state index contributed by atoms with van der Waals surface area (Å²) in [6.07, 6.45) is 3.90. The molecule has 0 atom stereocenters. The Hall–Kier alpha value is -3.09. The number of carbonyl (C=O) groups excluding carboxylic acids is 1. The normalized spacial score (nSPS) is 10.5. The number of aromatic nitrogens is 1. The molecule has 108 valence electrons. The lowest BCUT2D eigenvalue weighted by atomic mass is 10.2. The van der Waals surface area contributed by atoms with Crippen LogP contribution in [-0.4, -0.2) is 22.3 Å². The van der Waals surface area contributed by atoms with Crippen LogP contribution in [0.25, 0.3) is 6.08 Å². The second-order valence-electron chi connectivity index (χ2n) is 4.10. The van der Waals surface area contributed by atoms with Gasteiger partial charge in [0.1, 0.15) is 12.0 Å². The van der Waals surface area contributed by atoms with Crippen LogP contribution in [0.4, 0.5) is 10.5 Å². The van der Waals surface area contributed by atoms with Crippen LogP contribution in [0, 0.1) is 0 Å². The number of hydrogen-bond donors (Lipinski definition) is 3. The van der Waals surface area contributed by atoms with Crippen molar-refractivity contribution in [2.45, 2.75) is 6.54 Å². The van der Waals surface area contributed by atoms with Crippen molar-refractivity contribution in [3.8, 4) is 0 Å². The van der Waals surface area contributed by atoms with E-state index >= 15 is 0 Å². The Labute approximate surface area is 120 Å². The zero-order valence-electron chi connectivity index (χ0n) is 10.9. The smallest absolute Gasteiger partial charge is 0.328 e. The van der Waals surface area contributed by atoms with E-state index in [0.717, 1.165) is 6.08 Å². The van der Waals surface area contributed by atoms with Gasteiger partial charge in [0.15, 0.2) is 0 Å². The molecule has 0 aliphatic carbocycles. The number of nitrogens with zero attached hydrogens (tertiary/aromatic N) is 1. The molecule has 2 aromatic rings. The highest BCUT2D eigenvalue weighted by atomic mass is 16.5. The van der Waals surface area contributed by atoms with Crippen LogP contribution in [0.2, 0.25) is 0 Å². The Morgan fingerprint density at radius 2 is 2.19 bits per heavy atom. The molecule has 1 aromatic carbocycles. The van der Waals surface area contributed by atoms with Gasteiger partial charge in [-0.05, 0) is 23.8 Å². The predicted molar refractivity (Wildman–Crippen MR) is 75.5 cm³/mol. The zero-order chi connectivity index (χ0) is 15.1. The second kappa shape index (κ2) is 6.90. The van der Waals surface area contributed by atoms with Gasteiger partial charge in [0, 0.05) is 17.8 Å². The lowest BCUT2D eigenvalue weighted by Gasteiger charge is -2.06. The molecule has 0 radical (unpaired) electrons. The summed E-state index contributed by atoms with van der Waals surface area (Å²) in [6, 6.07) is 8.07. The van der Waals surface area contributed by atoms with Crippen LogP contribution < -0.4 is 10.6 Å². The first-order valence-electron chi connectivity index (χ1n) is 6.08. The van der Waals surface area contributed by atoms with Crippen molar-refractivity contribution in [1.82, 2.24) is 10.5 Å². The molecular formula is C14H13N3O4. The fraction of sp³-hybridized carbons (Fsp3) is 0.0714. The molecule has 0 unspecified atom stereocenters. The standard InChI is InChI=1S/C14H13N3O4/c18-13(19)5-4-10-2-1-3-11(8-10)16-14(20)15-9-12-6-7-21-17-12/h1-8H,9H2,(H,18,19)(H2,15,16,20)/b5-4+. The number of anilines is 1. The lowest BCUT2D eigenvalue weighted by Crippen LogP contribution is -2.28. The summed E-state index contributed by atoms with van der Waals surface area (Å²) in [6.45, 7) is 0.251. The van der Waals surface area contributed by atoms with Gasteiger partial charge in [0.05, 0.1) is 6.54 Å². The topological polar surface area (TPSA) is 104 Å². The van der Waals surface area contributed by atoms with Gasteiger partial charge in [-0.25, -0.2) is 9.59 Å². The van der Waals surface area contributed by atoms with Crippen molar-refractivity contribution in [3.63, 3.8) is 0 Å². The van der Waals surface area contributed by atoms with E-state index in [1.54, 1.807) is 30.3 Å². The third kappa shape index (κ3) is 4.83. The van der Waals surface area contributed by atoms with Gasteiger partial charge in [-0.2, -0.15) is 0 Å². The Kier molecular flexibility index (Phi) is 4.70. The van der Waals surface area contributed by atoms with Crippen LogP contribution in [0.15, 0.2) is 47.2 Å². The number of hydrogen-bond acceptors (Lipinski definition) is 4. The summed E-state index contributed by atoms with van der Waals surface area (Å²) in [7, 11) is 0. The van der Waals surface area contributed by atoms with Crippen LogP contribution in [0.3, 0.4) is 0 Å². The molecule has 0 spiro atoms. The Morgan fingerprint density at radius 1 is 1.33 bits per heavy atom. The van der Waals surface area contributed by atoms with E-state index in [4.69, 9.17) is 5.11 Å². The SMILES string of the molecule is O=C(O)/C=C/c1cccc(NC(=O)NCc2ccon2)c1. The van der Waals surface area contributed by atoms with Crippen molar-refractivity contribution in [1.29, 1.82) is 0 Å². The first-order valence-corrected chi connectivity index (χ1v) is 6.08. The number of urea groups is 1. The van der Waals surface area contributed by atoms with E-state index in [1.807, 2.05) is 0 Å². The molecule has 0 aliphatic rings. The number of nitrogens with one attached hydrogen (secondary N) is 2. The Morgan fingerprint density at radius 3 is 2.90 bits per heavy atom. The molecule has 2 amide bonds. The average molecular weight is 287 g/mol. The summed E-state index contributed by atoms with van der Waals surface area (Å²) in [5.74, 6) is -1.03. The van der Waals surface area contributed by atoms with Gasteiger partial charge >= 0.3 is 12.0 Å². The number of rotatable bonds is 5. The summed E-state index contributed by atoms with van der Waals surface area (Å²) >= 11 is 0. The minimum absolute atomic E-state index is 0.251. The van der Waals surface area contributed by atoms with Crippen LogP contribution in [-0.2, 0) is 11.3 Å². The van der Waals surface area contributed by atoms with Crippen molar-refractivity contribution < 1.29 is 19.2 Å². The fourth-order valence-electron chi connectivity index (χ4n) is 1.56. The molecule has 0 saturated carbocycles. The molecule has 7 nitrogen and oxygen atoms in total. The highest BCUT2D eigenvalue weighted by Crippen LogP contribution is 2.12. The maximum atomic E-state index is 11.7. The Bertz CT molecular complexity index is 650. The predicted octanol–water partition coefficient (Wildman–Crippen LogP) is 2.09. The fourth-order valence-corrected chi connectivity index (χ4v) is 1.56. The molecule has 0 fully saturated rings. The van der Waals surface area contributed by atoms with Crippen molar-refractivity contribution in [2.24, 2.45) is 0 Å². The monoisotopic (exact) mass is 287 g/mol. The lowest BCUT2D eigenvalue weighted by molar-refractivity contribution is -0.131. The van der Waals surface area contributed by atoms with Gasteiger partial charge in [-0.15, -0.1) is 0 Å². The minimum atomic E-state index is -1.03. The van der Waals surface area contributed by atoms with E-state index < -0.39 is 12.0 Å². The van der Waals surface area contributed by atoms with E-state index in [-0.39, 0.29) is 6.54 Å². The molecule has 21 heavy (non-hydrogen) atoms. The van der Waals surface area contributed by atoms with Gasteiger partial charge in [0.25, 0.3) is 0 Å². The maximum absolute atomic E-state index is 11.7. The van der Waals surface area contributed by atoms with E-state index in [2.05, 4.69) is 20.3 Å². The highest BCUT2D eigenvalue weighted by Gasteiger charge is 2.03. The second-order valence-corrected chi connectivity index (χ2v) is 4.10. The number of carboxylic acid groups (broad SMARTS) is 1. The first-order chi connectivity index (χ1) is 10.1. The quantitative estimate of drug-likeness (QED) is 0.730. The molecule has 2 rings (SSSR count). The third-order valence-electron chi connectivity index (χ3n) is 2.48. The molecule has 0 aliphatic heterocycles. The number of aliphatic carboxylic acids is 1. The molecule has 1 aromatic heterocycles. The van der Waals surface area contributed by atoms with Crippen molar-refractivity contribution in [2.75, 3.05) is 5.32 Å². The van der Waals surface area contributed by atoms with Crippen LogP contribution >= 0.6 is 0 Å². The molecular weight excluding hydrogens is 274 g/mol. The summed E-state index contributed by atoms with van der Waals surface area (Å²) in [4.78, 5) is 22.1. The number of amides is 2. The summed E-state index contributed by atoms with van der Waals surface area (Å²) < 4.78 is 4.65. The Balaban J connectivity index is 1.91. The van der Waals surface area contributed by atoms with Crippen LogP contribution in [0.5, 0.6) is 0 Å². The molecule has 0 saturated heterocycles. The number of benzene rings is 1. The molecule has 7 heteroatoms. The summed E-state index contributed by atoms with van der Waals surface area (Å²) in [5, 5.41) is 17.5. The third-order valence-corrected chi connectivity index (χ3v) is 2.48. The van der Waals surface area contributed by atoms with Crippen molar-refractivity contribution >= 4 is 23.8 Å². The zero-order valence-corrected chi connectivity index (χ0v) is 10.9. The van der Waals surface area contributed by atoms with E-state index in [1.165, 1.54) is 12.3 Å². The summed E-state index contributed by atoms with van der Waals surface area (Å²) in [5.41, 5.74) is 1.84. The van der Waals surface area contributed by atoms with Gasteiger partial charge in [0.2, 0.25) is 0 Å². The molecule has 3 N–H and O–H groups in total. The first kappa shape index (κ1) is 14.3. The maximum Gasteiger partial charge on any atom is 0.328 e. The largest absolute Gasteiger partial charge is 0.478 e. The van der Waals surface area contributed by atoms with Gasteiger partial charge < -0.3 is 20.3 Å². The number of carboxylic acids is 1. The van der Waals surface area contributed by atoms with Gasteiger partial charge in [-0.3, -0.25) is 0 Å². The van der Waals surface area contributed by atoms with E-state index in [9.17, 15) is 9.59 Å². The van der Waals surface area contributed by atoms with Crippen LogP contribution in [0.1, 0.15) is 11.3 Å². The number of carbonyl (C=O) groups is 2. The molecule has 1 heterocycles. The average Bonchev–Trinajstić information content (AvgIpc) is 2.97. The highest BCUT2D eigenvalue weighted by molar-refractivity contribution is 5.90. The van der Waals surface area contributed by atoms with E-state index in [0.29, 0.717) is 16.9 Å². The molecule has 0 bridgehead atoms.